The lowest BCUT2D eigenvalue weighted by molar-refractivity contribution is -0.128. The second-order valence-corrected chi connectivity index (χ2v) is 6.67. The van der Waals surface area contributed by atoms with E-state index in [0.29, 0.717) is 6.54 Å². The van der Waals surface area contributed by atoms with Crippen molar-refractivity contribution < 1.29 is 14.3 Å². The summed E-state index contributed by atoms with van der Waals surface area (Å²) < 4.78 is 10.4. The Bertz CT molecular complexity index is 800. The fraction of sp³-hybridized carbons (Fsp3) is 0.333. The molecule has 6 heteroatoms. The van der Waals surface area contributed by atoms with Gasteiger partial charge in [0, 0.05) is 6.04 Å². The van der Waals surface area contributed by atoms with Crippen molar-refractivity contribution in [3.63, 3.8) is 0 Å². The molecule has 1 aliphatic heterocycles. The maximum Gasteiger partial charge on any atom is 0.258 e. The molecule has 1 amide bonds. The first-order valence-electron chi connectivity index (χ1n) is 8.93. The van der Waals surface area contributed by atoms with Crippen LogP contribution < -0.4 is 9.47 Å². The van der Waals surface area contributed by atoms with Crippen LogP contribution in [0.15, 0.2) is 53.6 Å². The summed E-state index contributed by atoms with van der Waals surface area (Å²) in [5, 5.41) is 6.07. The van der Waals surface area contributed by atoms with Gasteiger partial charge in [0.15, 0.2) is 0 Å². The fourth-order valence-corrected chi connectivity index (χ4v) is 3.11. The van der Waals surface area contributed by atoms with Gasteiger partial charge in [0.05, 0.1) is 27.0 Å². The predicted octanol–water partition coefficient (Wildman–Crippen LogP) is 3.29. The molecule has 0 saturated carbocycles. The third kappa shape index (κ3) is 4.11. The Morgan fingerprint density at radius 3 is 2.07 bits per heavy atom. The van der Waals surface area contributed by atoms with Crippen molar-refractivity contribution in [1.29, 1.82) is 0 Å². The highest BCUT2D eigenvalue weighted by Gasteiger charge is 2.40. The smallest absolute Gasteiger partial charge is 0.258 e. The van der Waals surface area contributed by atoms with Gasteiger partial charge in [-0.1, -0.05) is 12.1 Å². The summed E-state index contributed by atoms with van der Waals surface area (Å²) in [7, 11) is 3.27. The molecule has 142 valence electrons. The van der Waals surface area contributed by atoms with Crippen LogP contribution in [-0.4, -0.2) is 48.8 Å². The van der Waals surface area contributed by atoms with E-state index in [2.05, 4.69) is 23.8 Å². The van der Waals surface area contributed by atoms with E-state index < -0.39 is 0 Å². The molecule has 0 radical (unpaired) electrons. The molecule has 2 aromatic carbocycles. The summed E-state index contributed by atoms with van der Waals surface area (Å²) >= 11 is 0. The molecule has 2 aromatic rings. The van der Waals surface area contributed by atoms with Crippen molar-refractivity contribution >= 4 is 12.1 Å². The third-order valence-electron chi connectivity index (χ3n) is 4.64. The highest BCUT2D eigenvalue weighted by Crippen LogP contribution is 2.33. The standard InChI is InChI=1S/C21H25N3O3/c1-15(2)23-14-20(25)24(21(23)17-7-11-19(27-4)12-8-17)22-13-16-5-9-18(26-3)10-6-16/h5-13,15,21H,14H2,1-4H3/b22-13-/t21-/m1/s1. The van der Waals surface area contributed by atoms with Gasteiger partial charge in [0.2, 0.25) is 0 Å². The molecule has 1 atom stereocenters. The number of hydrogen-bond acceptors (Lipinski definition) is 5. The molecule has 27 heavy (non-hydrogen) atoms. The largest absolute Gasteiger partial charge is 0.497 e. The molecule has 0 bridgehead atoms. The Balaban J connectivity index is 1.89. The zero-order valence-electron chi connectivity index (χ0n) is 16.1. The number of rotatable bonds is 6. The third-order valence-corrected chi connectivity index (χ3v) is 4.64. The Hall–Kier alpha value is -2.86. The van der Waals surface area contributed by atoms with Crippen LogP contribution in [-0.2, 0) is 4.79 Å². The molecule has 1 fully saturated rings. The van der Waals surface area contributed by atoms with E-state index in [1.807, 2.05) is 48.5 Å². The highest BCUT2D eigenvalue weighted by atomic mass is 16.5. The average molecular weight is 367 g/mol. The van der Waals surface area contributed by atoms with E-state index >= 15 is 0 Å². The molecule has 1 saturated heterocycles. The molecular formula is C21H25N3O3. The summed E-state index contributed by atoms with van der Waals surface area (Å²) in [6.45, 7) is 4.51. The molecule has 3 rings (SSSR count). The quantitative estimate of drug-likeness (QED) is 0.735. The predicted molar refractivity (Wildman–Crippen MR) is 105 cm³/mol. The number of benzene rings is 2. The van der Waals surface area contributed by atoms with Gasteiger partial charge < -0.3 is 9.47 Å². The van der Waals surface area contributed by atoms with Crippen molar-refractivity contribution in [1.82, 2.24) is 9.91 Å². The van der Waals surface area contributed by atoms with Gasteiger partial charge in [-0.05, 0) is 61.4 Å². The number of carbonyl (C=O) groups excluding carboxylic acids is 1. The normalized spacial score (nSPS) is 17.9. The number of methoxy groups -OCH3 is 2. The van der Waals surface area contributed by atoms with Crippen molar-refractivity contribution in [3.8, 4) is 11.5 Å². The molecule has 1 aliphatic rings. The van der Waals surface area contributed by atoms with Crippen LogP contribution in [0.1, 0.15) is 31.1 Å². The van der Waals surface area contributed by atoms with Gasteiger partial charge in [0.1, 0.15) is 17.7 Å². The molecule has 0 spiro atoms. The first-order valence-corrected chi connectivity index (χ1v) is 8.93. The molecule has 6 nitrogen and oxygen atoms in total. The van der Waals surface area contributed by atoms with Gasteiger partial charge in [-0.15, -0.1) is 0 Å². The van der Waals surface area contributed by atoms with Crippen LogP contribution in [0.2, 0.25) is 0 Å². The Morgan fingerprint density at radius 1 is 1.00 bits per heavy atom. The summed E-state index contributed by atoms with van der Waals surface area (Å²) in [5.74, 6) is 1.55. The van der Waals surface area contributed by atoms with Crippen molar-refractivity contribution in [2.45, 2.75) is 26.1 Å². The van der Waals surface area contributed by atoms with Gasteiger partial charge in [0.25, 0.3) is 5.91 Å². The van der Waals surface area contributed by atoms with E-state index in [1.165, 1.54) is 0 Å². The minimum atomic E-state index is -0.238. The first kappa shape index (κ1) is 18.9. The lowest BCUT2D eigenvalue weighted by atomic mass is 10.1. The summed E-state index contributed by atoms with van der Waals surface area (Å²) in [4.78, 5) is 14.8. The van der Waals surface area contributed by atoms with Crippen molar-refractivity contribution in [2.24, 2.45) is 5.10 Å². The second kappa shape index (κ2) is 8.22. The zero-order chi connectivity index (χ0) is 19.4. The molecule has 0 aromatic heterocycles. The lowest BCUT2D eigenvalue weighted by Crippen LogP contribution is -2.33. The average Bonchev–Trinajstić information content (AvgIpc) is 3.03. The second-order valence-electron chi connectivity index (χ2n) is 6.67. The van der Waals surface area contributed by atoms with Gasteiger partial charge in [-0.25, -0.2) is 5.01 Å². The maximum absolute atomic E-state index is 12.6. The number of nitrogens with zero attached hydrogens (tertiary/aromatic N) is 3. The summed E-state index contributed by atoms with van der Waals surface area (Å²) in [5.41, 5.74) is 1.90. The van der Waals surface area contributed by atoms with Crippen LogP contribution >= 0.6 is 0 Å². The zero-order valence-corrected chi connectivity index (χ0v) is 16.1. The minimum absolute atomic E-state index is 0.0192. The van der Waals surface area contributed by atoms with Gasteiger partial charge in [-0.2, -0.15) is 5.10 Å². The van der Waals surface area contributed by atoms with Crippen LogP contribution in [0.5, 0.6) is 11.5 Å². The highest BCUT2D eigenvalue weighted by molar-refractivity contribution is 5.84. The Morgan fingerprint density at radius 2 is 1.56 bits per heavy atom. The van der Waals surface area contributed by atoms with E-state index in [9.17, 15) is 4.79 Å². The number of ether oxygens (including phenoxy) is 2. The van der Waals surface area contributed by atoms with Crippen LogP contribution in [0.4, 0.5) is 0 Å². The SMILES string of the molecule is COc1ccc(/C=N\N2C(=O)CN(C(C)C)[C@H]2c2ccc(OC)cc2)cc1. The molecule has 0 unspecified atom stereocenters. The van der Waals surface area contributed by atoms with Gasteiger partial charge >= 0.3 is 0 Å². The van der Waals surface area contributed by atoms with E-state index in [4.69, 9.17) is 9.47 Å². The topological polar surface area (TPSA) is 54.4 Å². The van der Waals surface area contributed by atoms with E-state index in [-0.39, 0.29) is 18.1 Å². The monoisotopic (exact) mass is 367 g/mol. The van der Waals surface area contributed by atoms with Crippen molar-refractivity contribution in [3.05, 3.63) is 59.7 Å². The number of amides is 1. The van der Waals surface area contributed by atoms with Crippen LogP contribution in [0.25, 0.3) is 0 Å². The molecule has 1 heterocycles. The van der Waals surface area contributed by atoms with Crippen LogP contribution in [0, 0.1) is 0 Å². The van der Waals surface area contributed by atoms with E-state index in [1.54, 1.807) is 25.4 Å². The number of hydrogen-bond donors (Lipinski definition) is 0. The maximum atomic E-state index is 12.6. The Labute approximate surface area is 160 Å². The van der Waals surface area contributed by atoms with E-state index in [0.717, 1.165) is 22.6 Å². The lowest BCUT2D eigenvalue weighted by Gasteiger charge is -2.30. The van der Waals surface area contributed by atoms with Crippen molar-refractivity contribution in [2.75, 3.05) is 20.8 Å². The first-order chi connectivity index (χ1) is 13.0. The Kier molecular flexibility index (Phi) is 5.76. The van der Waals surface area contributed by atoms with Gasteiger partial charge in [-0.3, -0.25) is 9.69 Å². The number of hydrazone groups is 1. The fourth-order valence-electron chi connectivity index (χ4n) is 3.11. The molecule has 0 N–H and O–H groups in total. The minimum Gasteiger partial charge on any atom is -0.497 e. The number of carbonyl (C=O) groups is 1. The summed E-state index contributed by atoms with van der Waals surface area (Å²) in [6, 6.07) is 15.5. The molecular weight excluding hydrogens is 342 g/mol. The van der Waals surface area contributed by atoms with Crippen LogP contribution in [0.3, 0.4) is 0 Å². The summed E-state index contributed by atoms with van der Waals surface area (Å²) in [6.07, 6.45) is 1.47. The molecule has 0 aliphatic carbocycles.